The summed E-state index contributed by atoms with van der Waals surface area (Å²) in [4.78, 5) is 0. The quantitative estimate of drug-likeness (QED) is 0.882. The summed E-state index contributed by atoms with van der Waals surface area (Å²) < 4.78 is 29.9. The smallest absolute Gasteiger partial charge is 0.191 e. The maximum atomic E-state index is 11.5. The average molecular weight is 254 g/mol. The van der Waals surface area contributed by atoms with E-state index >= 15 is 0 Å². The van der Waals surface area contributed by atoms with Crippen molar-refractivity contribution >= 4 is 15.7 Å². The number of aryl methyl sites for hydroxylation is 1. The molecule has 2 aromatic rings. The van der Waals surface area contributed by atoms with Crippen molar-refractivity contribution in [1.82, 2.24) is 4.57 Å². The van der Waals surface area contributed by atoms with E-state index in [1.54, 1.807) is 36.7 Å². The van der Waals surface area contributed by atoms with Gasteiger partial charge in [0, 0.05) is 24.9 Å². The standard InChI is InChI=1S/C11H14N2O3S/c1-7-8(6-10(12)16-7)9-4-5-11(13(9)2)17(3,14)15/h4-6H,12H2,1-3H3. The van der Waals surface area contributed by atoms with Gasteiger partial charge in [-0.1, -0.05) is 0 Å². The van der Waals surface area contributed by atoms with E-state index in [0.29, 0.717) is 11.6 Å². The maximum absolute atomic E-state index is 11.5. The van der Waals surface area contributed by atoms with Gasteiger partial charge in [0.05, 0.1) is 5.69 Å². The van der Waals surface area contributed by atoms with Gasteiger partial charge < -0.3 is 14.7 Å². The summed E-state index contributed by atoms with van der Waals surface area (Å²) in [6.45, 7) is 1.79. The first-order valence-electron chi connectivity index (χ1n) is 5.03. The fourth-order valence-corrected chi connectivity index (χ4v) is 2.81. The van der Waals surface area contributed by atoms with Crippen LogP contribution in [0.15, 0.2) is 27.6 Å². The van der Waals surface area contributed by atoms with Gasteiger partial charge >= 0.3 is 0 Å². The van der Waals surface area contributed by atoms with E-state index in [0.717, 1.165) is 11.3 Å². The summed E-state index contributed by atoms with van der Waals surface area (Å²) in [5.41, 5.74) is 7.14. The Labute approximate surface area is 99.8 Å². The van der Waals surface area contributed by atoms with Crippen LogP contribution >= 0.6 is 0 Å². The molecule has 0 unspecified atom stereocenters. The molecule has 0 aliphatic rings. The lowest BCUT2D eigenvalue weighted by molar-refractivity contribution is 0.554. The number of sulfone groups is 1. The summed E-state index contributed by atoms with van der Waals surface area (Å²) in [6.07, 6.45) is 1.18. The third-order valence-corrected chi connectivity index (χ3v) is 3.84. The number of aromatic nitrogens is 1. The van der Waals surface area contributed by atoms with Gasteiger partial charge in [0.2, 0.25) is 0 Å². The second-order valence-electron chi connectivity index (χ2n) is 4.01. The Morgan fingerprint density at radius 3 is 2.41 bits per heavy atom. The molecule has 2 rings (SSSR count). The van der Waals surface area contributed by atoms with Crippen LogP contribution in [-0.2, 0) is 16.9 Å². The topological polar surface area (TPSA) is 78.2 Å². The van der Waals surface area contributed by atoms with Crippen molar-refractivity contribution in [3.8, 4) is 11.3 Å². The van der Waals surface area contributed by atoms with Crippen LogP contribution in [0.4, 0.5) is 5.88 Å². The normalized spacial score (nSPS) is 11.9. The van der Waals surface area contributed by atoms with Gasteiger partial charge in [0.25, 0.3) is 0 Å². The monoisotopic (exact) mass is 254 g/mol. The zero-order chi connectivity index (χ0) is 12.8. The highest BCUT2D eigenvalue weighted by molar-refractivity contribution is 7.90. The van der Waals surface area contributed by atoms with Gasteiger partial charge in [-0.3, -0.25) is 0 Å². The minimum Gasteiger partial charge on any atom is -0.446 e. The Morgan fingerprint density at radius 2 is 2.00 bits per heavy atom. The number of nitrogen functional groups attached to an aromatic ring is 1. The molecule has 0 saturated carbocycles. The predicted octanol–water partition coefficient (Wildman–Crippen LogP) is 1.58. The molecule has 6 heteroatoms. The van der Waals surface area contributed by atoms with E-state index < -0.39 is 9.84 Å². The Hall–Kier alpha value is -1.69. The molecule has 17 heavy (non-hydrogen) atoms. The summed E-state index contributed by atoms with van der Waals surface area (Å²) in [5, 5.41) is 0.270. The van der Waals surface area contributed by atoms with Crippen molar-refractivity contribution in [1.29, 1.82) is 0 Å². The molecule has 0 aliphatic heterocycles. The molecule has 0 aliphatic carbocycles. The fourth-order valence-electron chi connectivity index (χ4n) is 1.89. The van der Waals surface area contributed by atoms with Crippen LogP contribution in [0.3, 0.4) is 0 Å². The number of rotatable bonds is 2. The summed E-state index contributed by atoms with van der Waals surface area (Å²) >= 11 is 0. The highest BCUT2D eigenvalue weighted by Crippen LogP contribution is 2.30. The van der Waals surface area contributed by atoms with Crippen LogP contribution < -0.4 is 5.73 Å². The summed E-state index contributed by atoms with van der Waals surface area (Å²) in [7, 11) is -1.52. The van der Waals surface area contributed by atoms with E-state index in [9.17, 15) is 8.42 Å². The maximum Gasteiger partial charge on any atom is 0.191 e. The number of hydrogen-bond acceptors (Lipinski definition) is 4. The van der Waals surface area contributed by atoms with E-state index in [1.165, 1.54) is 6.26 Å². The van der Waals surface area contributed by atoms with Crippen LogP contribution in [0.1, 0.15) is 5.76 Å². The van der Waals surface area contributed by atoms with Crippen LogP contribution in [0.2, 0.25) is 0 Å². The lowest BCUT2D eigenvalue weighted by atomic mass is 10.2. The molecule has 0 amide bonds. The highest BCUT2D eigenvalue weighted by atomic mass is 32.2. The number of nitrogens with zero attached hydrogens (tertiary/aromatic N) is 1. The molecule has 2 heterocycles. The minimum absolute atomic E-state index is 0.270. The van der Waals surface area contributed by atoms with Gasteiger partial charge in [0.1, 0.15) is 10.8 Å². The summed E-state index contributed by atoms with van der Waals surface area (Å²) in [5.74, 6) is 0.989. The molecule has 0 aromatic carbocycles. The number of nitrogens with two attached hydrogens (primary N) is 1. The van der Waals surface area contributed by atoms with Gasteiger partial charge in [0.15, 0.2) is 15.7 Å². The Bertz CT molecular complexity index is 665. The first-order valence-corrected chi connectivity index (χ1v) is 6.92. The van der Waals surface area contributed by atoms with Gasteiger partial charge in [-0.05, 0) is 19.1 Å². The molecule has 0 bridgehead atoms. The molecule has 5 nitrogen and oxygen atoms in total. The molecule has 92 valence electrons. The molecule has 0 fully saturated rings. The zero-order valence-electron chi connectivity index (χ0n) is 9.89. The molecule has 2 aromatic heterocycles. The Morgan fingerprint density at radius 1 is 1.35 bits per heavy atom. The Kier molecular flexibility index (Phi) is 2.54. The average Bonchev–Trinajstić information content (AvgIpc) is 2.68. The lowest BCUT2D eigenvalue weighted by Crippen LogP contribution is -2.05. The zero-order valence-corrected chi connectivity index (χ0v) is 10.7. The predicted molar refractivity (Wildman–Crippen MR) is 65.4 cm³/mol. The van der Waals surface area contributed by atoms with Crippen molar-refractivity contribution in [2.45, 2.75) is 11.9 Å². The van der Waals surface area contributed by atoms with Gasteiger partial charge in [-0.25, -0.2) is 8.42 Å². The molecular weight excluding hydrogens is 240 g/mol. The Balaban J connectivity index is 2.63. The van der Waals surface area contributed by atoms with Gasteiger partial charge in [-0.2, -0.15) is 0 Å². The van der Waals surface area contributed by atoms with Crippen molar-refractivity contribution < 1.29 is 12.8 Å². The number of furan rings is 1. The van der Waals surface area contributed by atoms with Crippen LogP contribution in [-0.4, -0.2) is 19.2 Å². The van der Waals surface area contributed by atoms with Crippen molar-refractivity contribution in [2.75, 3.05) is 12.0 Å². The van der Waals surface area contributed by atoms with Crippen LogP contribution in [0, 0.1) is 6.92 Å². The molecular formula is C11H14N2O3S. The highest BCUT2D eigenvalue weighted by Gasteiger charge is 2.17. The summed E-state index contributed by atoms with van der Waals surface area (Å²) in [6, 6.07) is 5.01. The molecule has 0 saturated heterocycles. The third-order valence-electron chi connectivity index (χ3n) is 2.67. The molecule has 2 N–H and O–H groups in total. The lowest BCUT2D eigenvalue weighted by Gasteiger charge is -2.05. The number of hydrogen-bond donors (Lipinski definition) is 1. The van der Waals surface area contributed by atoms with E-state index in [1.807, 2.05) is 0 Å². The molecule has 0 spiro atoms. The largest absolute Gasteiger partial charge is 0.446 e. The number of anilines is 1. The van der Waals surface area contributed by atoms with Crippen molar-refractivity contribution in [2.24, 2.45) is 7.05 Å². The third kappa shape index (κ3) is 1.95. The molecule has 0 radical (unpaired) electrons. The van der Waals surface area contributed by atoms with Crippen LogP contribution in [0.25, 0.3) is 11.3 Å². The van der Waals surface area contributed by atoms with E-state index in [2.05, 4.69) is 0 Å². The SMILES string of the molecule is Cc1oc(N)cc1-c1ccc(S(C)(=O)=O)n1C. The van der Waals surface area contributed by atoms with Crippen LogP contribution in [0.5, 0.6) is 0 Å². The first kappa shape index (κ1) is 11.8. The first-order chi connectivity index (χ1) is 7.80. The van der Waals surface area contributed by atoms with E-state index in [4.69, 9.17) is 10.2 Å². The minimum atomic E-state index is -3.23. The molecule has 0 atom stereocenters. The van der Waals surface area contributed by atoms with E-state index in [-0.39, 0.29) is 5.03 Å². The second kappa shape index (κ2) is 3.66. The van der Waals surface area contributed by atoms with Crippen molar-refractivity contribution in [3.05, 3.63) is 24.0 Å². The second-order valence-corrected chi connectivity index (χ2v) is 5.97. The van der Waals surface area contributed by atoms with Crippen molar-refractivity contribution in [3.63, 3.8) is 0 Å². The fraction of sp³-hybridized carbons (Fsp3) is 0.273. The van der Waals surface area contributed by atoms with Gasteiger partial charge in [-0.15, -0.1) is 0 Å².